The molecule has 0 aromatic heterocycles. The smallest absolute Gasteiger partial charge is 0.418 e. The van der Waals surface area contributed by atoms with Crippen LogP contribution in [-0.4, -0.2) is 38.0 Å². The minimum atomic E-state index is -4.61. The maximum atomic E-state index is 13.1. The van der Waals surface area contributed by atoms with Gasteiger partial charge in [-0.2, -0.15) is 13.2 Å². The van der Waals surface area contributed by atoms with E-state index in [1.807, 2.05) is 12.1 Å². The van der Waals surface area contributed by atoms with Gasteiger partial charge in [0.05, 0.1) is 24.3 Å². The van der Waals surface area contributed by atoms with Crippen molar-refractivity contribution >= 4 is 29.1 Å². The van der Waals surface area contributed by atoms with Gasteiger partial charge in [0.1, 0.15) is 11.5 Å². The lowest BCUT2D eigenvalue weighted by Gasteiger charge is -2.17. The average Bonchev–Trinajstić information content (AvgIpc) is 3.32. The van der Waals surface area contributed by atoms with Crippen molar-refractivity contribution in [2.45, 2.75) is 19.1 Å². The van der Waals surface area contributed by atoms with E-state index in [2.05, 4.69) is 10.6 Å². The summed E-state index contributed by atoms with van der Waals surface area (Å²) in [6, 6.07) is 18.3. The molecular formula is C28H26F3N3O5. The van der Waals surface area contributed by atoms with E-state index in [1.54, 1.807) is 31.4 Å². The van der Waals surface area contributed by atoms with Crippen molar-refractivity contribution in [3.05, 3.63) is 83.9 Å². The van der Waals surface area contributed by atoms with Crippen LogP contribution in [0.25, 0.3) is 0 Å². The second-order valence-corrected chi connectivity index (χ2v) is 8.85. The van der Waals surface area contributed by atoms with Crippen molar-refractivity contribution in [2.75, 3.05) is 30.5 Å². The number of halogens is 3. The molecule has 3 amide bonds. The Labute approximate surface area is 222 Å². The van der Waals surface area contributed by atoms with Gasteiger partial charge in [-0.15, -0.1) is 0 Å². The van der Waals surface area contributed by atoms with Gasteiger partial charge in [-0.3, -0.25) is 14.4 Å². The quantitative estimate of drug-likeness (QED) is 0.419. The van der Waals surface area contributed by atoms with E-state index in [9.17, 15) is 27.6 Å². The van der Waals surface area contributed by atoms with Crippen molar-refractivity contribution < 1.29 is 37.0 Å². The highest BCUT2D eigenvalue weighted by molar-refractivity contribution is 6.00. The highest BCUT2D eigenvalue weighted by Gasteiger charge is 2.35. The number of benzene rings is 3. The van der Waals surface area contributed by atoms with Crippen molar-refractivity contribution in [2.24, 2.45) is 5.92 Å². The number of rotatable bonds is 9. The Morgan fingerprint density at radius 1 is 0.974 bits per heavy atom. The van der Waals surface area contributed by atoms with E-state index < -0.39 is 30.2 Å². The summed E-state index contributed by atoms with van der Waals surface area (Å²) in [5.74, 6) is -0.674. The molecule has 1 fully saturated rings. The highest BCUT2D eigenvalue weighted by Crippen LogP contribution is 2.34. The number of hydrogen-bond donors (Lipinski definition) is 2. The lowest BCUT2D eigenvalue weighted by molar-refractivity contribution is -0.137. The fourth-order valence-electron chi connectivity index (χ4n) is 4.11. The molecule has 1 atom stereocenters. The second-order valence-electron chi connectivity index (χ2n) is 8.85. The summed E-state index contributed by atoms with van der Waals surface area (Å²) in [7, 11) is 1.57. The van der Waals surface area contributed by atoms with Crippen molar-refractivity contribution in [3.8, 4) is 11.5 Å². The summed E-state index contributed by atoms with van der Waals surface area (Å²) in [6.07, 6.45) is -4.53. The minimum Gasteiger partial charge on any atom is -0.497 e. The van der Waals surface area contributed by atoms with Crippen LogP contribution in [0.15, 0.2) is 72.8 Å². The molecular weight excluding hydrogens is 515 g/mol. The molecule has 39 heavy (non-hydrogen) atoms. The number of ether oxygens (including phenoxy) is 2. The first-order valence-electron chi connectivity index (χ1n) is 12.0. The molecule has 0 bridgehead atoms. The van der Waals surface area contributed by atoms with E-state index >= 15 is 0 Å². The zero-order valence-corrected chi connectivity index (χ0v) is 21.0. The Morgan fingerprint density at radius 2 is 1.64 bits per heavy atom. The first-order chi connectivity index (χ1) is 18.6. The minimum absolute atomic E-state index is 0.0757. The molecule has 1 aliphatic rings. The summed E-state index contributed by atoms with van der Waals surface area (Å²) in [5, 5.41) is 5.07. The predicted octanol–water partition coefficient (Wildman–Crippen LogP) is 4.40. The van der Waals surface area contributed by atoms with E-state index in [0.29, 0.717) is 23.7 Å². The van der Waals surface area contributed by atoms with Crippen molar-refractivity contribution in [1.82, 2.24) is 5.32 Å². The second kappa shape index (κ2) is 11.9. The lowest BCUT2D eigenvalue weighted by atomic mass is 10.1. The third kappa shape index (κ3) is 7.07. The van der Waals surface area contributed by atoms with E-state index in [0.717, 1.165) is 17.7 Å². The Kier molecular flexibility index (Phi) is 8.38. The van der Waals surface area contributed by atoms with E-state index in [-0.39, 0.29) is 30.5 Å². The average molecular weight is 542 g/mol. The predicted molar refractivity (Wildman–Crippen MR) is 137 cm³/mol. The van der Waals surface area contributed by atoms with E-state index in [1.165, 1.54) is 29.2 Å². The van der Waals surface area contributed by atoms with Crippen LogP contribution in [0.5, 0.6) is 11.5 Å². The Morgan fingerprint density at radius 3 is 2.31 bits per heavy atom. The SMILES string of the molecule is COc1ccc(CNC(=O)[C@H]2CC(=O)N(c3ccc(OCC(=O)Nc4ccccc4C(F)(F)F)cc3)C2)cc1. The zero-order valence-electron chi connectivity index (χ0n) is 21.0. The van der Waals surface area contributed by atoms with Gasteiger partial charge in [0.15, 0.2) is 6.61 Å². The van der Waals surface area contributed by atoms with Crippen LogP contribution in [0.4, 0.5) is 24.5 Å². The molecule has 0 aliphatic carbocycles. The number of nitrogens with one attached hydrogen (secondary N) is 2. The number of para-hydroxylation sites is 1. The van der Waals surface area contributed by atoms with Crippen LogP contribution in [-0.2, 0) is 27.1 Å². The number of alkyl halides is 3. The molecule has 2 N–H and O–H groups in total. The number of anilines is 2. The largest absolute Gasteiger partial charge is 0.497 e. The molecule has 0 unspecified atom stereocenters. The maximum absolute atomic E-state index is 13.1. The third-order valence-corrected chi connectivity index (χ3v) is 6.15. The first-order valence-corrected chi connectivity index (χ1v) is 12.0. The van der Waals surface area contributed by atoms with E-state index in [4.69, 9.17) is 9.47 Å². The molecule has 4 rings (SSSR count). The molecule has 0 saturated carbocycles. The normalized spacial score (nSPS) is 15.1. The standard InChI is InChI=1S/C28H26F3N3O5/c1-38-21-10-6-18(7-11-21)15-32-27(37)19-14-26(36)34(16-19)20-8-12-22(13-9-20)39-17-25(35)33-24-5-3-2-4-23(24)28(29,30)31/h2-13,19H,14-17H2,1H3,(H,32,37)(H,33,35)/t19-/m0/s1. The fraction of sp³-hybridized carbons (Fsp3) is 0.250. The molecule has 204 valence electrons. The summed E-state index contributed by atoms with van der Waals surface area (Å²) < 4.78 is 49.8. The molecule has 11 heteroatoms. The summed E-state index contributed by atoms with van der Waals surface area (Å²) in [4.78, 5) is 38.9. The van der Waals surface area contributed by atoms with Gasteiger partial charge in [0.25, 0.3) is 5.91 Å². The molecule has 3 aromatic carbocycles. The topological polar surface area (TPSA) is 97.0 Å². The first kappa shape index (κ1) is 27.5. The molecule has 8 nitrogen and oxygen atoms in total. The van der Waals surface area contributed by atoms with Crippen molar-refractivity contribution in [3.63, 3.8) is 0 Å². The van der Waals surface area contributed by atoms with Crippen molar-refractivity contribution in [1.29, 1.82) is 0 Å². The third-order valence-electron chi connectivity index (χ3n) is 6.15. The van der Waals surface area contributed by atoms with Gasteiger partial charge in [-0.05, 0) is 54.1 Å². The van der Waals surface area contributed by atoms with Crippen LogP contribution in [0.2, 0.25) is 0 Å². The Bertz CT molecular complexity index is 1330. The summed E-state index contributed by atoms with van der Waals surface area (Å²) in [5.41, 5.74) is 0.148. The molecule has 3 aromatic rings. The Hall–Kier alpha value is -4.54. The maximum Gasteiger partial charge on any atom is 0.418 e. The van der Waals surface area contributed by atoms with Gasteiger partial charge in [0, 0.05) is 25.2 Å². The lowest BCUT2D eigenvalue weighted by Crippen LogP contribution is -2.32. The van der Waals surface area contributed by atoms with Crippen LogP contribution in [0.1, 0.15) is 17.5 Å². The van der Waals surface area contributed by atoms with Crippen LogP contribution >= 0.6 is 0 Å². The summed E-state index contributed by atoms with van der Waals surface area (Å²) >= 11 is 0. The van der Waals surface area contributed by atoms with Gasteiger partial charge >= 0.3 is 6.18 Å². The molecule has 1 aliphatic heterocycles. The Balaban J connectivity index is 1.27. The molecule has 1 saturated heterocycles. The van der Waals surface area contributed by atoms with Crippen LogP contribution in [0, 0.1) is 5.92 Å². The van der Waals surface area contributed by atoms with Gasteiger partial charge in [-0.1, -0.05) is 24.3 Å². The van der Waals surface area contributed by atoms with Gasteiger partial charge < -0.3 is 25.0 Å². The number of carbonyl (C=O) groups excluding carboxylic acids is 3. The number of methoxy groups -OCH3 is 1. The van der Waals surface area contributed by atoms with Gasteiger partial charge in [0.2, 0.25) is 11.8 Å². The molecule has 0 spiro atoms. The number of carbonyl (C=O) groups is 3. The van der Waals surface area contributed by atoms with Crippen LogP contribution in [0.3, 0.4) is 0 Å². The number of hydrogen-bond acceptors (Lipinski definition) is 5. The molecule has 1 heterocycles. The number of amides is 3. The highest BCUT2D eigenvalue weighted by atomic mass is 19.4. The van der Waals surface area contributed by atoms with Gasteiger partial charge in [-0.25, -0.2) is 0 Å². The molecule has 0 radical (unpaired) electrons. The van der Waals surface area contributed by atoms with Crippen LogP contribution < -0.4 is 25.0 Å². The number of nitrogens with zero attached hydrogens (tertiary/aromatic N) is 1. The fourth-order valence-corrected chi connectivity index (χ4v) is 4.11. The summed E-state index contributed by atoms with van der Waals surface area (Å²) in [6.45, 7) is 0.0358. The monoisotopic (exact) mass is 541 g/mol. The zero-order chi connectivity index (χ0) is 28.0.